The molecule has 1 aliphatic carbocycles. The van der Waals surface area contributed by atoms with Crippen molar-refractivity contribution in [3.05, 3.63) is 34.2 Å². The molecule has 4 nitrogen and oxygen atoms in total. The lowest BCUT2D eigenvalue weighted by molar-refractivity contribution is 0.0947. The highest BCUT2D eigenvalue weighted by molar-refractivity contribution is 6.21. The van der Waals surface area contributed by atoms with Crippen LogP contribution in [-0.2, 0) is 7.05 Å². The van der Waals surface area contributed by atoms with E-state index in [0.29, 0.717) is 18.0 Å². The quantitative estimate of drug-likeness (QED) is 0.845. The summed E-state index contributed by atoms with van der Waals surface area (Å²) < 4.78 is 1.43. The average Bonchev–Trinajstić information content (AvgIpc) is 2.75. The highest BCUT2D eigenvalue weighted by atomic mass is 35.5. The summed E-state index contributed by atoms with van der Waals surface area (Å²) in [7, 11) is 1.65. The minimum absolute atomic E-state index is 0.161. The second-order valence-corrected chi connectivity index (χ2v) is 5.34. The van der Waals surface area contributed by atoms with E-state index in [1.165, 1.54) is 10.6 Å². The number of nitrogens with one attached hydrogen (secondary N) is 1. The predicted molar refractivity (Wildman–Crippen MR) is 71.0 cm³/mol. The topological polar surface area (TPSA) is 51.1 Å². The van der Waals surface area contributed by atoms with Crippen LogP contribution in [0.5, 0.6) is 0 Å². The van der Waals surface area contributed by atoms with Crippen LogP contribution in [0.3, 0.4) is 0 Å². The first-order valence-electron chi connectivity index (χ1n) is 6.17. The highest BCUT2D eigenvalue weighted by Crippen LogP contribution is 2.29. The van der Waals surface area contributed by atoms with E-state index >= 15 is 0 Å². The Hall–Kier alpha value is -1.29. The fourth-order valence-corrected chi connectivity index (χ4v) is 2.61. The molecule has 0 spiro atoms. The van der Waals surface area contributed by atoms with Crippen molar-refractivity contribution in [2.75, 3.05) is 6.54 Å². The van der Waals surface area contributed by atoms with Gasteiger partial charge in [-0.1, -0.05) is 6.42 Å². The Labute approximate surface area is 111 Å². The van der Waals surface area contributed by atoms with E-state index < -0.39 is 0 Å². The van der Waals surface area contributed by atoms with Crippen molar-refractivity contribution in [3.63, 3.8) is 0 Å². The third kappa shape index (κ3) is 2.93. The molecule has 2 unspecified atom stereocenters. The van der Waals surface area contributed by atoms with Gasteiger partial charge in [0.05, 0.1) is 0 Å². The number of rotatable bonds is 3. The van der Waals surface area contributed by atoms with Gasteiger partial charge in [0.25, 0.3) is 11.5 Å². The molecule has 2 rings (SSSR count). The van der Waals surface area contributed by atoms with Crippen molar-refractivity contribution >= 4 is 17.5 Å². The van der Waals surface area contributed by atoms with Crippen molar-refractivity contribution in [2.45, 2.75) is 24.6 Å². The third-order valence-electron chi connectivity index (χ3n) is 3.46. The normalized spacial score (nSPS) is 23.0. The zero-order valence-electron chi connectivity index (χ0n) is 10.4. The standard InChI is InChI=1S/C13H17ClN2O2/c1-16-6-5-9(7-12(16)17)13(18)15-8-10-3-2-4-11(10)14/h5-7,10-11H,2-4,8H2,1H3,(H,15,18). The summed E-state index contributed by atoms with van der Waals surface area (Å²) in [6.45, 7) is 0.586. The molecule has 1 aromatic rings. The van der Waals surface area contributed by atoms with Gasteiger partial charge in [-0.3, -0.25) is 9.59 Å². The molecular weight excluding hydrogens is 252 g/mol. The molecule has 0 bridgehead atoms. The van der Waals surface area contributed by atoms with Crippen LogP contribution < -0.4 is 10.9 Å². The number of nitrogens with zero attached hydrogens (tertiary/aromatic N) is 1. The Bertz CT molecular complexity index is 498. The third-order valence-corrected chi connectivity index (χ3v) is 4.03. The minimum atomic E-state index is -0.205. The molecule has 1 amide bonds. The second-order valence-electron chi connectivity index (χ2n) is 4.78. The highest BCUT2D eigenvalue weighted by Gasteiger charge is 2.25. The molecule has 18 heavy (non-hydrogen) atoms. The van der Waals surface area contributed by atoms with E-state index in [2.05, 4.69) is 5.32 Å². The zero-order chi connectivity index (χ0) is 13.1. The summed E-state index contributed by atoms with van der Waals surface area (Å²) in [4.78, 5) is 23.3. The average molecular weight is 269 g/mol. The van der Waals surface area contributed by atoms with E-state index in [1.54, 1.807) is 19.3 Å². The van der Waals surface area contributed by atoms with E-state index in [4.69, 9.17) is 11.6 Å². The van der Waals surface area contributed by atoms with Crippen LogP contribution in [0, 0.1) is 5.92 Å². The monoisotopic (exact) mass is 268 g/mol. The van der Waals surface area contributed by atoms with E-state index in [9.17, 15) is 9.59 Å². The number of hydrogen-bond donors (Lipinski definition) is 1. The molecule has 98 valence electrons. The molecule has 1 saturated carbocycles. The SMILES string of the molecule is Cn1ccc(C(=O)NCC2CCCC2Cl)cc1=O. The summed E-state index contributed by atoms with van der Waals surface area (Å²) in [5.74, 6) is 0.144. The van der Waals surface area contributed by atoms with Gasteiger partial charge in [-0.2, -0.15) is 0 Å². The largest absolute Gasteiger partial charge is 0.352 e. The molecular formula is C13H17ClN2O2. The summed E-state index contributed by atoms with van der Waals surface area (Å²) in [5.41, 5.74) is 0.223. The smallest absolute Gasteiger partial charge is 0.251 e. The van der Waals surface area contributed by atoms with E-state index in [-0.39, 0.29) is 16.8 Å². The fraction of sp³-hybridized carbons (Fsp3) is 0.538. The lowest BCUT2D eigenvalue weighted by Gasteiger charge is -2.14. The number of carbonyl (C=O) groups excluding carboxylic acids is 1. The molecule has 1 aliphatic rings. The Morgan fingerprint density at radius 2 is 2.33 bits per heavy atom. The first-order chi connectivity index (χ1) is 8.58. The maximum Gasteiger partial charge on any atom is 0.251 e. The Morgan fingerprint density at radius 3 is 2.94 bits per heavy atom. The number of hydrogen-bond acceptors (Lipinski definition) is 2. The molecule has 1 aromatic heterocycles. The summed E-state index contributed by atoms with van der Waals surface area (Å²) in [6.07, 6.45) is 4.80. The molecule has 1 N–H and O–H groups in total. The number of aromatic nitrogens is 1. The van der Waals surface area contributed by atoms with Gasteiger partial charge < -0.3 is 9.88 Å². The molecule has 0 saturated heterocycles. The van der Waals surface area contributed by atoms with Gasteiger partial charge in [0.15, 0.2) is 0 Å². The van der Waals surface area contributed by atoms with Crippen molar-refractivity contribution < 1.29 is 4.79 Å². The van der Waals surface area contributed by atoms with Gasteiger partial charge in [-0.25, -0.2) is 0 Å². The minimum Gasteiger partial charge on any atom is -0.352 e. The molecule has 2 atom stereocenters. The molecule has 1 fully saturated rings. The van der Waals surface area contributed by atoms with Gasteiger partial charge in [-0.15, -0.1) is 11.6 Å². The van der Waals surface area contributed by atoms with Crippen molar-refractivity contribution in [1.82, 2.24) is 9.88 Å². The number of alkyl halides is 1. The lowest BCUT2D eigenvalue weighted by Crippen LogP contribution is -2.32. The number of aryl methyl sites for hydroxylation is 1. The Balaban J connectivity index is 1.95. The van der Waals surface area contributed by atoms with Crippen LogP contribution >= 0.6 is 11.6 Å². The van der Waals surface area contributed by atoms with Gasteiger partial charge in [0, 0.05) is 36.8 Å². The molecule has 0 aromatic carbocycles. The zero-order valence-corrected chi connectivity index (χ0v) is 11.1. The van der Waals surface area contributed by atoms with E-state index in [1.807, 2.05) is 0 Å². The molecule has 1 heterocycles. The van der Waals surface area contributed by atoms with Crippen LogP contribution in [0.1, 0.15) is 29.6 Å². The van der Waals surface area contributed by atoms with Crippen LogP contribution in [0.4, 0.5) is 0 Å². The second kappa shape index (κ2) is 5.57. The first kappa shape index (κ1) is 13.1. The van der Waals surface area contributed by atoms with Crippen molar-refractivity contribution in [3.8, 4) is 0 Å². The molecule has 0 aliphatic heterocycles. The predicted octanol–water partition coefficient (Wildman–Crippen LogP) is 1.52. The molecule has 5 heteroatoms. The van der Waals surface area contributed by atoms with Crippen molar-refractivity contribution in [1.29, 1.82) is 0 Å². The summed E-state index contributed by atoms with van der Waals surface area (Å²) in [5, 5.41) is 3.01. The van der Waals surface area contributed by atoms with Gasteiger partial charge in [0.1, 0.15) is 0 Å². The Morgan fingerprint density at radius 1 is 1.56 bits per heavy atom. The maximum atomic E-state index is 11.9. The van der Waals surface area contributed by atoms with Crippen LogP contribution in [0.15, 0.2) is 23.1 Å². The van der Waals surface area contributed by atoms with E-state index in [0.717, 1.165) is 19.3 Å². The summed E-state index contributed by atoms with van der Waals surface area (Å²) in [6, 6.07) is 2.99. The maximum absolute atomic E-state index is 11.9. The van der Waals surface area contributed by atoms with Gasteiger partial charge in [-0.05, 0) is 24.8 Å². The fourth-order valence-electron chi connectivity index (χ4n) is 2.24. The van der Waals surface area contributed by atoms with Crippen molar-refractivity contribution in [2.24, 2.45) is 13.0 Å². The number of halogens is 1. The number of amides is 1. The Kier molecular flexibility index (Phi) is 4.07. The van der Waals surface area contributed by atoms with Gasteiger partial charge in [0.2, 0.25) is 0 Å². The number of pyridine rings is 1. The lowest BCUT2D eigenvalue weighted by atomic mass is 10.1. The van der Waals surface area contributed by atoms with Crippen LogP contribution in [0.25, 0.3) is 0 Å². The van der Waals surface area contributed by atoms with Crippen LogP contribution in [0.2, 0.25) is 0 Å². The van der Waals surface area contributed by atoms with Crippen LogP contribution in [-0.4, -0.2) is 22.4 Å². The molecule has 0 radical (unpaired) electrons. The summed E-state index contributed by atoms with van der Waals surface area (Å²) >= 11 is 6.15. The van der Waals surface area contributed by atoms with Gasteiger partial charge >= 0.3 is 0 Å². The number of carbonyl (C=O) groups is 1. The first-order valence-corrected chi connectivity index (χ1v) is 6.60.